The Morgan fingerprint density at radius 3 is 2.19 bits per heavy atom. The fourth-order valence-electron chi connectivity index (χ4n) is 2.95. The van der Waals surface area contributed by atoms with Gasteiger partial charge in [-0.2, -0.15) is 0 Å². The Balaban J connectivity index is 2.19. The van der Waals surface area contributed by atoms with Crippen LogP contribution in [-0.4, -0.2) is 14.1 Å². The van der Waals surface area contributed by atoms with E-state index >= 15 is 0 Å². The Kier molecular flexibility index (Phi) is 3.42. The molecule has 0 unspecified atom stereocenters. The molecule has 0 spiro atoms. The monoisotopic (exact) mass is 275 g/mol. The maximum atomic E-state index is 2.25. The molecule has 0 aliphatic carbocycles. The molecular weight excluding hydrogens is 254 g/mol. The Morgan fingerprint density at radius 2 is 1.48 bits per heavy atom. The summed E-state index contributed by atoms with van der Waals surface area (Å²) >= 11 is 0. The van der Waals surface area contributed by atoms with Crippen LogP contribution in [0.15, 0.2) is 54.6 Å². The number of aryl methyl sites for hydroxylation is 2. The first-order chi connectivity index (χ1) is 10.1. The zero-order valence-electron chi connectivity index (χ0n) is 13.1. The summed E-state index contributed by atoms with van der Waals surface area (Å²) in [4.78, 5) is 2.14. The van der Waals surface area contributed by atoms with Gasteiger partial charge in [-0.05, 0) is 59.0 Å². The van der Waals surface area contributed by atoms with E-state index in [1.165, 1.54) is 38.7 Å². The van der Waals surface area contributed by atoms with E-state index in [0.717, 1.165) is 0 Å². The van der Waals surface area contributed by atoms with Crippen LogP contribution in [0.2, 0.25) is 0 Å². The average Bonchev–Trinajstić information content (AvgIpc) is 2.48. The lowest BCUT2D eigenvalue weighted by molar-refractivity contribution is 1.13. The van der Waals surface area contributed by atoms with Crippen molar-refractivity contribution in [3.05, 3.63) is 65.7 Å². The van der Waals surface area contributed by atoms with Gasteiger partial charge in [0.05, 0.1) is 0 Å². The van der Waals surface area contributed by atoms with Gasteiger partial charge in [0, 0.05) is 19.8 Å². The van der Waals surface area contributed by atoms with E-state index in [0.29, 0.717) is 0 Å². The average molecular weight is 275 g/mol. The van der Waals surface area contributed by atoms with Crippen molar-refractivity contribution in [2.45, 2.75) is 13.8 Å². The lowest BCUT2D eigenvalue weighted by atomic mass is 9.92. The molecule has 106 valence electrons. The maximum absolute atomic E-state index is 2.25. The maximum Gasteiger partial charge on any atom is 0.0364 e. The van der Waals surface area contributed by atoms with Gasteiger partial charge in [-0.3, -0.25) is 0 Å². The third-order valence-electron chi connectivity index (χ3n) is 4.21. The van der Waals surface area contributed by atoms with Gasteiger partial charge in [0.2, 0.25) is 0 Å². The van der Waals surface area contributed by atoms with Crippen LogP contribution < -0.4 is 4.90 Å². The second-order valence-electron chi connectivity index (χ2n) is 5.85. The molecule has 0 N–H and O–H groups in total. The molecule has 0 radical (unpaired) electrons. The standard InChI is InChI=1S/C20H21N/c1-14-13-17(21(3)4)10-12-18(14)20-11-9-16-7-5-6-8-19(16)15(20)2/h5-13H,1-4H3. The zero-order valence-corrected chi connectivity index (χ0v) is 13.1. The van der Waals surface area contributed by atoms with Crippen LogP contribution in [-0.2, 0) is 0 Å². The topological polar surface area (TPSA) is 3.24 Å². The van der Waals surface area contributed by atoms with Gasteiger partial charge in [-0.1, -0.05) is 42.5 Å². The molecule has 0 atom stereocenters. The van der Waals surface area contributed by atoms with E-state index in [4.69, 9.17) is 0 Å². The second kappa shape index (κ2) is 5.25. The fraction of sp³-hybridized carbons (Fsp3) is 0.200. The van der Waals surface area contributed by atoms with Gasteiger partial charge in [0.25, 0.3) is 0 Å². The summed E-state index contributed by atoms with van der Waals surface area (Å²) in [6, 6.07) is 19.7. The molecule has 1 nitrogen and oxygen atoms in total. The summed E-state index contributed by atoms with van der Waals surface area (Å²) in [5, 5.41) is 2.65. The number of anilines is 1. The summed E-state index contributed by atoms with van der Waals surface area (Å²) in [6.07, 6.45) is 0. The molecule has 21 heavy (non-hydrogen) atoms. The third-order valence-corrected chi connectivity index (χ3v) is 4.21. The smallest absolute Gasteiger partial charge is 0.0364 e. The first-order valence-corrected chi connectivity index (χ1v) is 7.34. The normalized spacial score (nSPS) is 10.9. The summed E-state index contributed by atoms with van der Waals surface area (Å²) in [5.41, 5.74) is 6.57. The fourth-order valence-corrected chi connectivity index (χ4v) is 2.95. The Hall–Kier alpha value is -2.28. The molecule has 0 aliphatic heterocycles. The minimum absolute atomic E-state index is 1.25. The van der Waals surface area contributed by atoms with Crippen molar-refractivity contribution in [3.8, 4) is 11.1 Å². The molecule has 0 bridgehead atoms. The molecule has 0 saturated heterocycles. The molecule has 1 heteroatoms. The van der Waals surface area contributed by atoms with E-state index in [9.17, 15) is 0 Å². The predicted octanol–water partition coefficient (Wildman–Crippen LogP) is 5.19. The Morgan fingerprint density at radius 1 is 0.762 bits per heavy atom. The zero-order chi connectivity index (χ0) is 15.0. The van der Waals surface area contributed by atoms with Crippen LogP contribution in [0.3, 0.4) is 0 Å². The van der Waals surface area contributed by atoms with Crippen molar-refractivity contribution in [1.82, 2.24) is 0 Å². The second-order valence-corrected chi connectivity index (χ2v) is 5.85. The summed E-state index contributed by atoms with van der Waals surface area (Å²) in [6.45, 7) is 4.41. The molecule has 0 amide bonds. The number of fused-ring (bicyclic) bond motifs is 1. The van der Waals surface area contributed by atoms with Crippen LogP contribution in [0.1, 0.15) is 11.1 Å². The molecule has 3 aromatic carbocycles. The molecule has 0 saturated carbocycles. The Bertz CT molecular complexity index is 800. The largest absolute Gasteiger partial charge is 0.378 e. The van der Waals surface area contributed by atoms with Crippen LogP contribution in [0.5, 0.6) is 0 Å². The number of rotatable bonds is 2. The van der Waals surface area contributed by atoms with E-state index in [1.54, 1.807) is 0 Å². The number of hydrogen-bond donors (Lipinski definition) is 0. The van der Waals surface area contributed by atoms with Gasteiger partial charge in [-0.15, -0.1) is 0 Å². The highest BCUT2D eigenvalue weighted by atomic mass is 15.1. The number of benzene rings is 3. The summed E-state index contributed by atoms with van der Waals surface area (Å²) in [7, 11) is 4.16. The molecule has 0 aliphatic rings. The van der Waals surface area contributed by atoms with Crippen molar-refractivity contribution >= 4 is 16.5 Å². The van der Waals surface area contributed by atoms with Gasteiger partial charge in [0.15, 0.2) is 0 Å². The van der Waals surface area contributed by atoms with E-state index in [-0.39, 0.29) is 0 Å². The van der Waals surface area contributed by atoms with Gasteiger partial charge in [0.1, 0.15) is 0 Å². The van der Waals surface area contributed by atoms with Crippen LogP contribution >= 0.6 is 0 Å². The van der Waals surface area contributed by atoms with E-state index in [2.05, 4.69) is 87.4 Å². The van der Waals surface area contributed by atoms with Crippen molar-refractivity contribution in [2.24, 2.45) is 0 Å². The molecular formula is C20H21N. The van der Waals surface area contributed by atoms with E-state index < -0.39 is 0 Å². The van der Waals surface area contributed by atoms with E-state index in [1.807, 2.05) is 0 Å². The lowest BCUT2D eigenvalue weighted by Gasteiger charge is -2.17. The molecule has 0 aromatic heterocycles. The van der Waals surface area contributed by atoms with Gasteiger partial charge < -0.3 is 4.90 Å². The Labute approximate surface area is 126 Å². The predicted molar refractivity (Wildman–Crippen MR) is 93.2 cm³/mol. The van der Waals surface area contributed by atoms with Crippen LogP contribution in [0, 0.1) is 13.8 Å². The van der Waals surface area contributed by atoms with Crippen molar-refractivity contribution in [1.29, 1.82) is 0 Å². The highest BCUT2D eigenvalue weighted by Crippen LogP contribution is 2.33. The minimum atomic E-state index is 1.25. The first kappa shape index (κ1) is 13.7. The molecule has 0 fully saturated rings. The minimum Gasteiger partial charge on any atom is -0.378 e. The third kappa shape index (κ3) is 2.40. The first-order valence-electron chi connectivity index (χ1n) is 7.34. The quantitative estimate of drug-likeness (QED) is 0.622. The van der Waals surface area contributed by atoms with Crippen LogP contribution in [0.4, 0.5) is 5.69 Å². The molecule has 0 heterocycles. The summed E-state index contributed by atoms with van der Waals surface area (Å²) in [5.74, 6) is 0. The number of hydrogen-bond acceptors (Lipinski definition) is 1. The lowest BCUT2D eigenvalue weighted by Crippen LogP contribution is -2.08. The van der Waals surface area contributed by atoms with Gasteiger partial charge >= 0.3 is 0 Å². The van der Waals surface area contributed by atoms with Crippen LogP contribution in [0.25, 0.3) is 21.9 Å². The van der Waals surface area contributed by atoms with Gasteiger partial charge in [-0.25, -0.2) is 0 Å². The molecule has 3 aromatic rings. The van der Waals surface area contributed by atoms with Crippen molar-refractivity contribution < 1.29 is 0 Å². The van der Waals surface area contributed by atoms with Crippen molar-refractivity contribution in [3.63, 3.8) is 0 Å². The number of nitrogens with zero attached hydrogens (tertiary/aromatic N) is 1. The summed E-state index contributed by atoms with van der Waals surface area (Å²) < 4.78 is 0. The van der Waals surface area contributed by atoms with Crippen molar-refractivity contribution in [2.75, 3.05) is 19.0 Å². The highest BCUT2D eigenvalue weighted by molar-refractivity contribution is 5.92. The highest BCUT2D eigenvalue weighted by Gasteiger charge is 2.09. The molecule has 3 rings (SSSR count). The SMILES string of the molecule is Cc1cc(N(C)C)ccc1-c1ccc2ccccc2c1C.